The van der Waals surface area contributed by atoms with Gasteiger partial charge in [-0.1, -0.05) is 11.2 Å². The van der Waals surface area contributed by atoms with Crippen LogP contribution in [0.1, 0.15) is 25.2 Å². The van der Waals surface area contributed by atoms with Crippen molar-refractivity contribution in [1.82, 2.24) is 20.4 Å². The second-order valence-electron chi connectivity index (χ2n) is 6.63. The Balaban J connectivity index is 1.30. The summed E-state index contributed by atoms with van der Waals surface area (Å²) in [7, 11) is 0. The average molecular weight is 346 g/mol. The van der Waals surface area contributed by atoms with Crippen molar-refractivity contribution in [1.29, 1.82) is 0 Å². The van der Waals surface area contributed by atoms with Gasteiger partial charge in [-0.25, -0.2) is 0 Å². The largest absolute Gasteiger partial charge is 0.343 e. The van der Waals surface area contributed by atoms with Crippen LogP contribution < -0.4 is 5.32 Å². The van der Waals surface area contributed by atoms with Gasteiger partial charge in [0.15, 0.2) is 0 Å². The van der Waals surface area contributed by atoms with E-state index < -0.39 is 0 Å². The fourth-order valence-corrected chi connectivity index (χ4v) is 4.35. The van der Waals surface area contributed by atoms with E-state index in [1.165, 1.54) is 0 Å². The molecule has 7 heteroatoms. The Hall–Kier alpha value is -1.73. The Kier molecular flexibility index (Phi) is 4.62. The van der Waals surface area contributed by atoms with E-state index >= 15 is 0 Å². The van der Waals surface area contributed by atoms with Crippen molar-refractivity contribution >= 4 is 17.2 Å². The zero-order chi connectivity index (χ0) is 16.4. The Morgan fingerprint density at radius 3 is 2.83 bits per heavy atom. The molecule has 2 saturated heterocycles. The summed E-state index contributed by atoms with van der Waals surface area (Å²) in [5, 5.41) is 9.45. The molecule has 4 rings (SSSR count). The van der Waals surface area contributed by atoms with Gasteiger partial charge < -0.3 is 14.7 Å². The van der Waals surface area contributed by atoms with Gasteiger partial charge >= 0.3 is 0 Å². The first kappa shape index (κ1) is 15.8. The van der Waals surface area contributed by atoms with E-state index in [2.05, 4.69) is 15.5 Å². The van der Waals surface area contributed by atoms with Gasteiger partial charge in [-0.2, -0.15) is 4.98 Å². The van der Waals surface area contributed by atoms with Crippen molar-refractivity contribution in [2.24, 2.45) is 11.8 Å². The number of likely N-dealkylation sites (tertiary alicyclic amines) is 1. The zero-order valence-electron chi connectivity index (χ0n) is 13.6. The van der Waals surface area contributed by atoms with Crippen LogP contribution in [0, 0.1) is 11.8 Å². The highest BCUT2D eigenvalue weighted by atomic mass is 32.1. The summed E-state index contributed by atoms with van der Waals surface area (Å²) in [4.78, 5) is 19.9. The minimum absolute atomic E-state index is 0.207. The lowest BCUT2D eigenvalue weighted by Crippen LogP contribution is -2.32. The SMILES string of the molecule is O=C(CCc1nc(-c2cccs2)no1)N1CC[C@@H]2CNC[C@@H]2CC1. The maximum absolute atomic E-state index is 12.5. The summed E-state index contributed by atoms with van der Waals surface area (Å²) in [5.41, 5.74) is 0. The number of thiophene rings is 1. The maximum Gasteiger partial charge on any atom is 0.227 e. The summed E-state index contributed by atoms with van der Waals surface area (Å²) in [6.45, 7) is 3.98. The van der Waals surface area contributed by atoms with Crippen LogP contribution in [-0.4, -0.2) is 47.1 Å². The predicted molar refractivity (Wildman–Crippen MR) is 91.6 cm³/mol. The number of rotatable bonds is 4. The van der Waals surface area contributed by atoms with E-state index in [0.29, 0.717) is 24.6 Å². The predicted octanol–water partition coefficient (Wildman–Crippen LogP) is 2.19. The van der Waals surface area contributed by atoms with Gasteiger partial charge in [-0.3, -0.25) is 4.79 Å². The highest BCUT2D eigenvalue weighted by molar-refractivity contribution is 7.13. The van der Waals surface area contributed by atoms with Crippen molar-refractivity contribution in [3.05, 3.63) is 23.4 Å². The molecular formula is C17H22N4O2S. The molecule has 2 aliphatic heterocycles. The molecule has 1 N–H and O–H groups in total. The number of nitrogens with one attached hydrogen (secondary N) is 1. The Morgan fingerprint density at radius 1 is 1.33 bits per heavy atom. The molecule has 0 unspecified atom stereocenters. The number of carbonyl (C=O) groups is 1. The first-order chi connectivity index (χ1) is 11.8. The van der Waals surface area contributed by atoms with Crippen molar-refractivity contribution in [2.45, 2.75) is 25.7 Å². The van der Waals surface area contributed by atoms with Crippen LogP contribution in [0.3, 0.4) is 0 Å². The molecule has 2 aromatic heterocycles. The standard InChI is InChI=1S/C17H22N4O2S/c22-16(21-7-5-12-10-18-11-13(12)6-8-21)4-3-15-19-17(20-23-15)14-2-1-9-24-14/h1-2,9,12-13,18H,3-8,10-11H2/t12-,13+. The third-order valence-corrected chi connectivity index (χ3v) is 6.00. The molecule has 2 aliphatic rings. The highest BCUT2D eigenvalue weighted by Crippen LogP contribution is 2.27. The van der Waals surface area contributed by atoms with Crippen LogP contribution in [0.15, 0.2) is 22.0 Å². The van der Waals surface area contributed by atoms with Crippen molar-refractivity contribution in [3.8, 4) is 10.7 Å². The highest BCUT2D eigenvalue weighted by Gasteiger charge is 2.31. The molecule has 0 saturated carbocycles. The molecule has 128 valence electrons. The fraction of sp³-hybridized carbons (Fsp3) is 0.588. The molecular weight excluding hydrogens is 324 g/mol. The van der Waals surface area contributed by atoms with Crippen molar-refractivity contribution in [2.75, 3.05) is 26.2 Å². The van der Waals surface area contributed by atoms with Gasteiger partial charge in [0.1, 0.15) is 0 Å². The number of fused-ring (bicyclic) bond motifs is 1. The summed E-state index contributed by atoms with van der Waals surface area (Å²) >= 11 is 1.58. The number of aryl methyl sites for hydroxylation is 1. The number of hydrogen-bond acceptors (Lipinski definition) is 6. The number of amides is 1. The second kappa shape index (κ2) is 7.03. The molecule has 0 spiro atoms. The van der Waals surface area contributed by atoms with Crippen LogP contribution >= 0.6 is 11.3 Å². The monoisotopic (exact) mass is 346 g/mol. The Labute approximate surface area is 145 Å². The summed E-state index contributed by atoms with van der Waals surface area (Å²) in [6, 6.07) is 3.93. The fourth-order valence-electron chi connectivity index (χ4n) is 3.70. The van der Waals surface area contributed by atoms with Gasteiger partial charge in [0.2, 0.25) is 17.6 Å². The van der Waals surface area contributed by atoms with Crippen LogP contribution in [0.25, 0.3) is 10.7 Å². The first-order valence-electron chi connectivity index (χ1n) is 8.64. The van der Waals surface area contributed by atoms with Gasteiger partial charge in [-0.05, 0) is 49.2 Å². The van der Waals surface area contributed by atoms with Crippen LogP contribution in [-0.2, 0) is 11.2 Å². The third kappa shape index (κ3) is 3.37. The first-order valence-corrected chi connectivity index (χ1v) is 9.52. The summed E-state index contributed by atoms with van der Waals surface area (Å²) < 4.78 is 5.28. The molecule has 1 amide bonds. The number of aromatic nitrogens is 2. The summed E-state index contributed by atoms with van der Waals surface area (Å²) in [5.74, 6) is 2.85. The van der Waals surface area contributed by atoms with E-state index in [4.69, 9.17) is 4.52 Å². The van der Waals surface area contributed by atoms with Gasteiger partial charge in [0, 0.05) is 25.9 Å². The molecule has 0 radical (unpaired) electrons. The minimum atomic E-state index is 0.207. The Morgan fingerprint density at radius 2 is 2.12 bits per heavy atom. The molecule has 0 bridgehead atoms. The van der Waals surface area contributed by atoms with E-state index in [9.17, 15) is 4.79 Å². The summed E-state index contributed by atoms with van der Waals surface area (Å²) in [6.07, 6.45) is 3.20. The molecule has 2 atom stereocenters. The van der Waals surface area contributed by atoms with Gasteiger partial charge in [-0.15, -0.1) is 11.3 Å². The molecule has 6 nitrogen and oxygen atoms in total. The lowest BCUT2D eigenvalue weighted by molar-refractivity contribution is -0.131. The van der Waals surface area contributed by atoms with Crippen LogP contribution in [0.5, 0.6) is 0 Å². The zero-order valence-corrected chi connectivity index (χ0v) is 14.4. The number of nitrogens with zero attached hydrogens (tertiary/aromatic N) is 3. The van der Waals surface area contributed by atoms with Crippen molar-refractivity contribution < 1.29 is 9.32 Å². The smallest absolute Gasteiger partial charge is 0.227 e. The van der Waals surface area contributed by atoms with Gasteiger partial charge in [0.05, 0.1) is 4.88 Å². The van der Waals surface area contributed by atoms with E-state index in [1.54, 1.807) is 11.3 Å². The third-order valence-electron chi connectivity index (χ3n) is 5.13. The maximum atomic E-state index is 12.5. The molecule has 0 aliphatic carbocycles. The Bertz CT molecular complexity index is 671. The molecule has 2 fully saturated rings. The van der Waals surface area contributed by atoms with E-state index in [1.807, 2.05) is 22.4 Å². The minimum Gasteiger partial charge on any atom is -0.343 e. The van der Waals surface area contributed by atoms with Crippen LogP contribution in [0.2, 0.25) is 0 Å². The molecule has 0 aromatic carbocycles. The number of hydrogen-bond donors (Lipinski definition) is 1. The second-order valence-corrected chi connectivity index (χ2v) is 7.57. The van der Waals surface area contributed by atoms with E-state index in [0.717, 1.165) is 55.7 Å². The quantitative estimate of drug-likeness (QED) is 0.919. The van der Waals surface area contributed by atoms with Gasteiger partial charge in [0.25, 0.3) is 0 Å². The normalized spacial score (nSPS) is 23.9. The van der Waals surface area contributed by atoms with E-state index in [-0.39, 0.29) is 5.91 Å². The number of carbonyl (C=O) groups excluding carboxylic acids is 1. The average Bonchev–Trinajstić information content (AvgIpc) is 3.32. The lowest BCUT2D eigenvalue weighted by Gasteiger charge is -2.20. The van der Waals surface area contributed by atoms with Crippen LogP contribution in [0.4, 0.5) is 0 Å². The molecule has 4 heterocycles. The molecule has 24 heavy (non-hydrogen) atoms. The lowest BCUT2D eigenvalue weighted by atomic mass is 9.92. The van der Waals surface area contributed by atoms with Crippen molar-refractivity contribution in [3.63, 3.8) is 0 Å². The topological polar surface area (TPSA) is 71.3 Å². The molecule has 2 aromatic rings.